The van der Waals surface area contributed by atoms with E-state index in [1.807, 2.05) is 63.1 Å². The van der Waals surface area contributed by atoms with Gasteiger partial charge in [-0.15, -0.1) is 0 Å². The summed E-state index contributed by atoms with van der Waals surface area (Å²) in [5, 5.41) is 6.33. The maximum absolute atomic E-state index is 13.4. The van der Waals surface area contributed by atoms with Crippen molar-refractivity contribution in [1.29, 1.82) is 0 Å². The largest absolute Gasteiger partial charge is 0.357 e. The molecule has 1 unspecified atom stereocenters. The summed E-state index contributed by atoms with van der Waals surface area (Å²) in [5.41, 5.74) is 1.90. The van der Waals surface area contributed by atoms with Crippen molar-refractivity contribution in [1.82, 2.24) is 24.5 Å². The smallest absolute Gasteiger partial charge is 0.272 e. The van der Waals surface area contributed by atoms with Gasteiger partial charge in [0.15, 0.2) is 5.69 Å². The molecule has 0 bridgehead atoms. The molecule has 8 heteroatoms. The van der Waals surface area contributed by atoms with E-state index < -0.39 is 11.5 Å². The molecular formula is C23H31N5O2S. The lowest BCUT2D eigenvalue weighted by molar-refractivity contribution is -0.124. The Morgan fingerprint density at radius 2 is 1.87 bits per heavy atom. The van der Waals surface area contributed by atoms with Crippen molar-refractivity contribution in [2.45, 2.75) is 58.0 Å². The van der Waals surface area contributed by atoms with E-state index in [0.717, 1.165) is 30.2 Å². The Balaban J connectivity index is 1.68. The maximum Gasteiger partial charge on any atom is 0.272 e. The highest BCUT2D eigenvalue weighted by atomic mass is 32.2. The Hall–Kier alpha value is -2.32. The molecule has 166 valence electrons. The van der Waals surface area contributed by atoms with Crippen molar-refractivity contribution >= 4 is 23.8 Å². The van der Waals surface area contributed by atoms with Crippen LogP contribution in [0.1, 0.15) is 49.8 Å². The van der Waals surface area contributed by atoms with Gasteiger partial charge in [-0.1, -0.05) is 63.1 Å². The SMILES string of the molecule is CNC(=O)C(NC(=O)c1nc(-c2ccccc2)n2c1CN(SC1CC1)CC2)C(C)(C)C. The minimum atomic E-state index is -0.650. The third kappa shape index (κ3) is 4.80. The lowest BCUT2D eigenvalue weighted by atomic mass is 9.86. The van der Waals surface area contributed by atoms with Crippen LogP contribution in [0.4, 0.5) is 0 Å². The normalized spacial score (nSPS) is 17.7. The minimum absolute atomic E-state index is 0.205. The fourth-order valence-corrected chi connectivity index (χ4v) is 4.98. The minimum Gasteiger partial charge on any atom is -0.357 e. The number of hydrogen-bond donors (Lipinski definition) is 2. The van der Waals surface area contributed by atoms with Crippen LogP contribution in [0.15, 0.2) is 30.3 Å². The van der Waals surface area contributed by atoms with Crippen molar-refractivity contribution in [3.63, 3.8) is 0 Å². The van der Waals surface area contributed by atoms with Crippen molar-refractivity contribution in [2.24, 2.45) is 5.41 Å². The molecule has 1 atom stereocenters. The fourth-order valence-electron chi connectivity index (χ4n) is 3.83. The van der Waals surface area contributed by atoms with Gasteiger partial charge in [-0.25, -0.2) is 9.29 Å². The van der Waals surface area contributed by atoms with E-state index in [9.17, 15) is 9.59 Å². The molecule has 1 saturated carbocycles. The Morgan fingerprint density at radius 3 is 2.48 bits per heavy atom. The molecule has 1 aromatic carbocycles. The van der Waals surface area contributed by atoms with Crippen molar-refractivity contribution in [3.05, 3.63) is 41.7 Å². The number of nitrogens with zero attached hydrogens (tertiary/aromatic N) is 3. The van der Waals surface area contributed by atoms with Crippen LogP contribution < -0.4 is 10.6 Å². The van der Waals surface area contributed by atoms with Crippen molar-refractivity contribution in [2.75, 3.05) is 13.6 Å². The number of carbonyl (C=O) groups excluding carboxylic acids is 2. The van der Waals surface area contributed by atoms with Gasteiger partial charge in [0.25, 0.3) is 5.91 Å². The van der Waals surface area contributed by atoms with Gasteiger partial charge in [-0.05, 0) is 18.3 Å². The van der Waals surface area contributed by atoms with E-state index in [-0.39, 0.29) is 11.8 Å². The third-order valence-electron chi connectivity index (χ3n) is 5.69. The van der Waals surface area contributed by atoms with E-state index >= 15 is 0 Å². The molecule has 0 saturated heterocycles. The highest BCUT2D eigenvalue weighted by Crippen LogP contribution is 2.39. The molecule has 2 N–H and O–H groups in total. The van der Waals surface area contributed by atoms with E-state index in [4.69, 9.17) is 4.98 Å². The molecule has 1 aliphatic heterocycles. The number of aromatic nitrogens is 2. The number of fused-ring (bicyclic) bond motifs is 1. The number of likely N-dealkylation sites (N-methyl/N-ethyl adjacent to an activating group) is 1. The van der Waals surface area contributed by atoms with Gasteiger partial charge >= 0.3 is 0 Å². The molecule has 2 aromatic rings. The first-order valence-corrected chi connectivity index (χ1v) is 11.7. The van der Waals surface area contributed by atoms with Gasteiger partial charge in [-0.3, -0.25) is 9.59 Å². The van der Waals surface area contributed by atoms with E-state index in [1.54, 1.807) is 7.05 Å². The Bertz CT molecular complexity index is 962. The molecule has 7 nitrogen and oxygen atoms in total. The average molecular weight is 442 g/mol. The first-order valence-electron chi connectivity index (χ1n) is 10.9. The predicted octanol–water partition coefficient (Wildman–Crippen LogP) is 3.07. The molecule has 2 aliphatic rings. The van der Waals surface area contributed by atoms with Crippen LogP contribution in [-0.2, 0) is 17.9 Å². The summed E-state index contributed by atoms with van der Waals surface area (Å²) in [6.07, 6.45) is 2.53. The van der Waals surface area contributed by atoms with Crippen LogP contribution in [0.25, 0.3) is 11.4 Å². The number of amides is 2. The van der Waals surface area contributed by atoms with Crippen LogP contribution in [0, 0.1) is 5.41 Å². The lowest BCUT2D eigenvalue weighted by Gasteiger charge is -2.30. The zero-order chi connectivity index (χ0) is 22.2. The Kier molecular flexibility index (Phi) is 6.12. The molecule has 0 spiro atoms. The summed E-state index contributed by atoms with van der Waals surface area (Å²) in [7, 11) is 1.59. The predicted molar refractivity (Wildman–Crippen MR) is 123 cm³/mol. The third-order valence-corrected chi connectivity index (χ3v) is 7.07. The molecule has 1 aliphatic carbocycles. The summed E-state index contributed by atoms with van der Waals surface area (Å²) < 4.78 is 4.51. The molecule has 4 rings (SSSR count). The zero-order valence-electron chi connectivity index (χ0n) is 18.6. The van der Waals surface area contributed by atoms with Crippen LogP contribution in [-0.4, -0.2) is 50.6 Å². The first-order chi connectivity index (χ1) is 14.8. The summed E-state index contributed by atoms with van der Waals surface area (Å²) in [5.74, 6) is 0.305. The summed E-state index contributed by atoms with van der Waals surface area (Å²) in [4.78, 5) is 30.6. The number of imidazole rings is 1. The molecule has 0 radical (unpaired) electrons. The second-order valence-corrected chi connectivity index (χ2v) is 10.7. The van der Waals surface area contributed by atoms with Crippen molar-refractivity contribution < 1.29 is 9.59 Å². The molecular weight excluding hydrogens is 410 g/mol. The molecule has 1 fully saturated rings. The lowest BCUT2D eigenvalue weighted by Crippen LogP contribution is -2.53. The first kappa shape index (κ1) is 21.9. The van der Waals surface area contributed by atoms with Crippen molar-refractivity contribution in [3.8, 4) is 11.4 Å². The number of benzene rings is 1. The fraction of sp³-hybridized carbons (Fsp3) is 0.522. The van der Waals surface area contributed by atoms with Gasteiger partial charge in [0, 0.05) is 31.0 Å². The molecule has 1 aromatic heterocycles. The van der Waals surface area contributed by atoms with Crippen LogP contribution in [0.3, 0.4) is 0 Å². The molecule has 2 amide bonds. The Labute approximate surface area is 188 Å². The second kappa shape index (κ2) is 8.67. The van der Waals surface area contributed by atoms with Crippen LogP contribution in [0.2, 0.25) is 0 Å². The van der Waals surface area contributed by atoms with Gasteiger partial charge in [-0.2, -0.15) is 0 Å². The standard InChI is InChI=1S/C23H31N5O2S/c1-23(2,3)19(22(30)24-4)26-21(29)18-17-14-27(31-16-10-11-16)12-13-28(17)20(25-18)15-8-6-5-7-9-15/h5-9,16,19H,10-14H2,1-4H3,(H,24,30)(H,26,29). The monoisotopic (exact) mass is 441 g/mol. The summed E-state index contributed by atoms with van der Waals surface area (Å²) >= 11 is 1.90. The number of rotatable bonds is 6. The van der Waals surface area contributed by atoms with Crippen LogP contribution in [0.5, 0.6) is 0 Å². The van der Waals surface area contributed by atoms with Crippen LogP contribution >= 0.6 is 11.9 Å². The Morgan fingerprint density at radius 1 is 1.16 bits per heavy atom. The summed E-state index contributed by atoms with van der Waals surface area (Å²) in [6.45, 7) is 8.22. The number of nitrogens with one attached hydrogen (secondary N) is 2. The van der Waals surface area contributed by atoms with Gasteiger partial charge in [0.05, 0.1) is 12.2 Å². The second-order valence-electron chi connectivity index (χ2n) is 9.30. The van der Waals surface area contributed by atoms with E-state index in [0.29, 0.717) is 17.5 Å². The highest BCUT2D eigenvalue weighted by Gasteiger charge is 2.36. The van der Waals surface area contributed by atoms with Gasteiger partial charge in [0.1, 0.15) is 11.9 Å². The van der Waals surface area contributed by atoms with Gasteiger partial charge < -0.3 is 15.2 Å². The highest BCUT2D eigenvalue weighted by molar-refractivity contribution is 7.97. The maximum atomic E-state index is 13.4. The average Bonchev–Trinajstić information content (AvgIpc) is 3.48. The number of hydrogen-bond acceptors (Lipinski definition) is 5. The quantitative estimate of drug-likeness (QED) is 0.674. The molecule has 2 heterocycles. The van der Waals surface area contributed by atoms with Gasteiger partial charge in [0.2, 0.25) is 5.91 Å². The van der Waals surface area contributed by atoms with E-state index in [1.165, 1.54) is 12.8 Å². The number of carbonyl (C=O) groups is 2. The van der Waals surface area contributed by atoms with E-state index in [2.05, 4.69) is 19.5 Å². The zero-order valence-corrected chi connectivity index (χ0v) is 19.5. The molecule has 31 heavy (non-hydrogen) atoms. The summed E-state index contributed by atoms with van der Waals surface area (Å²) in [6, 6.07) is 9.33. The topological polar surface area (TPSA) is 79.3 Å².